The molecule has 28 heavy (non-hydrogen) atoms. The first-order valence-corrected chi connectivity index (χ1v) is 10.1. The van der Waals surface area contributed by atoms with Crippen molar-refractivity contribution in [3.05, 3.63) is 70.2 Å². The Hall–Kier alpha value is -2.81. The molecule has 3 heterocycles. The van der Waals surface area contributed by atoms with Crippen molar-refractivity contribution in [3.8, 4) is 22.4 Å². The van der Waals surface area contributed by atoms with E-state index in [4.69, 9.17) is 16.6 Å². The van der Waals surface area contributed by atoms with Crippen LogP contribution in [0.5, 0.6) is 0 Å². The van der Waals surface area contributed by atoms with Gasteiger partial charge in [-0.15, -0.1) is 11.3 Å². The van der Waals surface area contributed by atoms with Gasteiger partial charge in [-0.25, -0.2) is 4.98 Å². The van der Waals surface area contributed by atoms with Crippen LogP contribution in [0.3, 0.4) is 0 Å². The highest BCUT2D eigenvalue weighted by Crippen LogP contribution is 2.29. The van der Waals surface area contributed by atoms with Crippen LogP contribution in [0, 0.1) is 11.8 Å². The lowest BCUT2D eigenvalue weighted by atomic mass is 10.1. The Labute approximate surface area is 173 Å². The number of benzene rings is 1. The van der Waals surface area contributed by atoms with Gasteiger partial charge in [0, 0.05) is 28.3 Å². The Morgan fingerprint density at radius 1 is 1.07 bits per heavy atom. The van der Waals surface area contributed by atoms with E-state index in [1.165, 1.54) is 0 Å². The molecule has 1 aromatic carbocycles. The molecular weight excluding hydrogens is 388 g/mol. The second-order valence-corrected chi connectivity index (χ2v) is 8.95. The third-order valence-corrected chi connectivity index (χ3v) is 5.13. The number of fused-ring (bicyclic) bond motifs is 1. The summed E-state index contributed by atoms with van der Waals surface area (Å²) in [5.41, 5.74) is 2.53. The summed E-state index contributed by atoms with van der Waals surface area (Å²) in [4.78, 5) is 6.79. The zero-order chi connectivity index (χ0) is 19.7. The summed E-state index contributed by atoms with van der Waals surface area (Å²) in [6.07, 6.45) is 1.76. The van der Waals surface area contributed by atoms with Gasteiger partial charge in [0.2, 0.25) is 0 Å². The second kappa shape index (κ2) is 7.31. The minimum Gasteiger partial charge on any atom is -0.365 e. The van der Waals surface area contributed by atoms with Gasteiger partial charge in [0.25, 0.3) is 0 Å². The van der Waals surface area contributed by atoms with Gasteiger partial charge in [-0.05, 0) is 51.1 Å². The number of aromatic nitrogens is 3. The van der Waals surface area contributed by atoms with Crippen LogP contribution in [-0.4, -0.2) is 20.1 Å². The molecular formula is C22H19ClN4S. The molecule has 4 aromatic rings. The first-order chi connectivity index (χ1) is 13.4. The quantitative estimate of drug-likeness (QED) is 0.433. The standard InChI is InChI=1S/C22H19ClN4S/c1-22(2,3)26-21-14-18(25-20-11-12-24-27(20)21)19-10-9-17(28-19)8-7-15-5-4-6-16(23)13-15/h4-6,9-14,26H,1-3H3. The summed E-state index contributed by atoms with van der Waals surface area (Å²) < 4.78 is 1.82. The van der Waals surface area contributed by atoms with Gasteiger partial charge in [0.15, 0.2) is 5.65 Å². The van der Waals surface area contributed by atoms with Crippen LogP contribution in [-0.2, 0) is 0 Å². The SMILES string of the molecule is CC(C)(C)Nc1cc(-c2ccc(C#Cc3cccc(Cl)c3)s2)nc2ccnn12. The molecule has 6 heteroatoms. The van der Waals surface area contributed by atoms with Crippen molar-refractivity contribution in [2.45, 2.75) is 26.3 Å². The number of hydrogen-bond donors (Lipinski definition) is 1. The Kier molecular flexibility index (Phi) is 4.84. The predicted octanol–water partition coefficient (Wildman–Crippen LogP) is 5.72. The average Bonchev–Trinajstić information content (AvgIpc) is 3.28. The van der Waals surface area contributed by atoms with Crippen molar-refractivity contribution in [2.24, 2.45) is 0 Å². The Balaban J connectivity index is 1.68. The lowest BCUT2D eigenvalue weighted by Crippen LogP contribution is -2.27. The average molecular weight is 407 g/mol. The molecule has 4 rings (SSSR count). The minimum atomic E-state index is -0.0828. The minimum absolute atomic E-state index is 0.0828. The lowest BCUT2D eigenvalue weighted by Gasteiger charge is -2.22. The third kappa shape index (κ3) is 4.19. The number of anilines is 1. The summed E-state index contributed by atoms with van der Waals surface area (Å²) in [6.45, 7) is 6.37. The molecule has 0 amide bonds. The molecule has 0 aliphatic carbocycles. The molecule has 0 atom stereocenters. The van der Waals surface area contributed by atoms with Gasteiger partial charge in [-0.2, -0.15) is 9.61 Å². The van der Waals surface area contributed by atoms with Crippen molar-refractivity contribution in [1.29, 1.82) is 0 Å². The van der Waals surface area contributed by atoms with Crippen LogP contribution in [0.1, 0.15) is 31.2 Å². The van der Waals surface area contributed by atoms with Crippen molar-refractivity contribution in [2.75, 3.05) is 5.32 Å². The van der Waals surface area contributed by atoms with E-state index in [0.717, 1.165) is 32.5 Å². The normalized spacial score (nSPS) is 11.3. The van der Waals surface area contributed by atoms with Crippen LogP contribution in [0.2, 0.25) is 5.02 Å². The summed E-state index contributed by atoms with van der Waals surface area (Å²) in [7, 11) is 0. The van der Waals surface area contributed by atoms with Crippen LogP contribution in [0.4, 0.5) is 5.82 Å². The number of hydrogen-bond acceptors (Lipinski definition) is 4. The van der Waals surface area contributed by atoms with Crippen LogP contribution in [0.15, 0.2) is 54.7 Å². The Morgan fingerprint density at radius 2 is 1.93 bits per heavy atom. The van der Waals surface area contributed by atoms with Crippen molar-refractivity contribution in [1.82, 2.24) is 14.6 Å². The monoisotopic (exact) mass is 406 g/mol. The van der Waals surface area contributed by atoms with Gasteiger partial charge in [-0.1, -0.05) is 29.5 Å². The molecule has 0 aliphatic rings. The molecule has 0 radical (unpaired) electrons. The fourth-order valence-electron chi connectivity index (χ4n) is 2.76. The third-order valence-electron chi connectivity index (χ3n) is 3.88. The first-order valence-electron chi connectivity index (χ1n) is 8.88. The molecule has 0 spiro atoms. The van der Waals surface area contributed by atoms with Gasteiger partial charge in [0.1, 0.15) is 5.82 Å². The van der Waals surface area contributed by atoms with E-state index in [9.17, 15) is 0 Å². The number of thiophene rings is 1. The van der Waals surface area contributed by atoms with E-state index in [-0.39, 0.29) is 5.54 Å². The maximum absolute atomic E-state index is 6.02. The van der Waals surface area contributed by atoms with E-state index in [1.807, 2.05) is 47.0 Å². The van der Waals surface area contributed by atoms with Crippen molar-refractivity contribution in [3.63, 3.8) is 0 Å². The van der Waals surface area contributed by atoms with E-state index in [0.29, 0.717) is 5.02 Å². The van der Waals surface area contributed by atoms with E-state index < -0.39 is 0 Å². The van der Waals surface area contributed by atoms with E-state index >= 15 is 0 Å². The zero-order valence-electron chi connectivity index (χ0n) is 15.8. The molecule has 1 N–H and O–H groups in total. The van der Waals surface area contributed by atoms with Gasteiger partial charge < -0.3 is 5.32 Å². The van der Waals surface area contributed by atoms with Crippen LogP contribution >= 0.6 is 22.9 Å². The number of nitrogens with zero attached hydrogens (tertiary/aromatic N) is 3. The highest BCUT2D eigenvalue weighted by Gasteiger charge is 2.15. The molecule has 0 bridgehead atoms. The summed E-state index contributed by atoms with van der Waals surface area (Å²) >= 11 is 7.64. The molecule has 3 aromatic heterocycles. The second-order valence-electron chi connectivity index (χ2n) is 7.43. The van der Waals surface area contributed by atoms with Crippen molar-refractivity contribution >= 4 is 34.4 Å². The van der Waals surface area contributed by atoms with Crippen molar-refractivity contribution < 1.29 is 0 Å². The fourth-order valence-corrected chi connectivity index (χ4v) is 3.77. The van der Waals surface area contributed by atoms with E-state index in [1.54, 1.807) is 17.5 Å². The maximum Gasteiger partial charge on any atom is 0.158 e. The Bertz CT molecular complexity index is 1200. The molecule has 4 nitrogen and oxygen atoms in total. The fraction of sp³-hybridized carbons (Fsp3) is 0.182. The molecule has 0 aliphatic heterocycles. The highest BCUT2D eigenvalue weighted by atomic mass is 35.5. The smallest absolute Gasteiger partial charge is 0.158 e. The van der Waals surface area contributed by atoms with Crippen LogP contribution in [0.25, 0.3) is 16.2 Å². The van der Waals surface area contributed by atoms with Crippen LogP contribution < -0.4 is 5.32 Å². The van der Waals surface area contributed by atoms with Gasteiger partial charge in [0.05, 0.1) is 21.6 Å². The molecule has 0 saturated carbocycles. The predicted molar refractivity (Wildman–Crippen MR) is 117 cm³/mol. The maximum atomic E-state index is 6.02. The lowest BCUT2D eigenvalue weighted by molar-refractivity contribution is 0.625. The van der Waals surface area contributed by atoms with Gasteiger partial charge >= 0.3 is 0 Å². The molecule has 140 valence electrons. The van der Waals surface area contributed by atoms with E-state index in [2.05, 4.69) is 49.1 Å². The highest BCUT2D eigenvalue weighted by molar-refractivity contribution is 7.16. The number of rotatable bonds is 2. The van der Waals surface area contributed by atoms with Gasteiger partial charge in [-0.3, -0.25) is 0 Å². The molecule has 0 fully saturated rings. The largest absolute Gasteiger partial charge is 0.365 e. The summed E-state index contributed by atoms with van der Waals surface area (Å²) in [5, 5.41) is 8.57. The number of nitrogens with one attached hydrogen (secondary N) is 1. The molecule has 0 unspecified atom stereocenters. The number of halogens is 1. The summed E-state index contributed by atoms with van der Waals surface area (Å²) in [6, 6.07) is 15.6. The molecule has 0 saturated heterocycles. The zero-order valence-corrected chi connectivity index (χ0v) is 17.4. The Morgan fingerprint density at radius 3 is 2.71 bits per heavy atom. The first kappa shape index (κ1) is 18.5. The topological polar surface area (TPSA) is 42.2 Å². The summed E-state index contributed by atoms with van der Waals surface area (Å²) in [5.74, 6) is 7.29.